The van der Waals surface area contributed by atoms with Crippen LogP contribution in [0.25, 0.3) is 0 Å². The summed E-state index contributed by atoms with van der Waals surface area (Å²) in [6, 6.07) is 3.19. The van der Waals surface area contributed by atoms with E-state index in [1.54, 1.807) is 42.1 Å². The monoisotopic (exact) mass is 330 g/mol. The third-order valence-electron chi connectivity index (χ3n) is 4.61. The molecule has 1 atom stereocenters. The van der Waals surface area contributed by atoms with E-state index in [9.17, 15) is 9.59 Å². The third kappa shape index (κ3) is 2.50. The summed E-state index contributed by atoms with van der Waals surface area (Å²) < 4.78 is 8.60. The van der Waals surface area contributed by atoms with Crippen LogP contribution in [-0.4, -0.2) is 38.8 Å². The lowest BCUT2D eigenvalue weighted by atomic mass is 10.0. The van der Waals surface area contributed by atoms with E-state index in [2.05, 4.69) is 5.10 Å². The summed E-state index contributed by atoms with van der Waals surface area (Å²) in [4.78, 5) is 27.0. The fourth-order valence-corrected chi connectivity index (χ4v) is 3.50. The summed E-state index contributed by atoms with van der Waals surface area (Å²) in [5, 5.41) is 4.41. The molecule has 0 bridgehead atoms. The van der Waals surface area contributed by atoms with Crippen molar-refractivity contribution in [3.8, 4) is 5.88 Å². The van der Waals surface area contributed by atoms with Crippen molar-refractivity contribution in [2.45, 2.75) is 25.8 Å². The number of rotatable bonds is 3. The highest BCUT2D eigenvalue weighted by Crippen LogP contribution is 2.39. The first-order chi connectivity index (χ1) is 11.5. The zero-order valence-corrected chi connectivity index (χ0v) is 14.4. The minimum atomic E-state index is -0.275. The SMILES string of the molecule is COc1c(C2CCCN2C(=O)c2cccn(C)c2=O)c(C)nn1C. The van der Waals surface area contributed by atoms with E-state index in [1.807, 2.05) is 14.0 Å². The predicted octanol–water partition coefficient (Wildman–Crippen LogP) is 1.41. The van der Waals surface area contributed by atoms with Crippen molar-refractivity contribution in [1.29, 1.82) is 0 Å². The molecular formula is C17H22N4O3. The van der Waals surface area contributed by atoms with Gasteiger partial charge in [-0.15, -0.1) is 0 Å². The first-order valence-corrected chi connectivity index (χ1v) is 7.99. The van der Waals surface area contributed by atoms with Crippen LogP contribution in [0.1, 0.15) is 40.5 Å². The van der Waals surface area contributed by atoms with Crippen LogP contribution in [0, 0.1) is 6.92 Å². The molecule has 1 unspecified atom stereocenters. The van der Waals surface area contributed by atoms with Crippen LogP contribution < -0.4 is 10.3 Å². The number of ether oxygens (including phenoxy) is 1. The number of hydrogen-bond acceptors (Lipinski definition) is 4. The summed E-state index contributed by atoms with van der Waals surface area (Å²) in [5.41, 5.74) is 1.70. The number of carbonyl (C=O) groups excluding carboxylic acids is 1. The van der Waals surface area contributed by atoms with Gasteiger partial charge in [0.15, 0.2) is 0 Å². The molecule has 0 saturated carbocycles. The first-order valence-electron chi connectivity index (χ1n) is 7.99. The molecular weight excluding hydrogens is 308 g/mol. The lowest BCUT2D eigenvalue weighted by Crippen LogP contribution is -2.36. The van der Waals surface area contributed by atoms with Crippen molar-refractivity contribution in [1.82, 2.24) is 19.2 Å². The van der Waals surface area contributed by atoms with Gasteiger partial charge in [-0.3, -0.25) is 9.59 Å². The third-order valence-corrected chi connectivity index (χ3v) is 4.61. The fourth-order valence-electron chi connectivity index (χ4n) is 3.50. The Morgan fingerprint density at radius 1 is 1.38 bits per heavy atom. The Hall–Kier alpha value is -2.57. The number of carbonyl (C=O) groups is 1. The van der Waals surface area contributed by atoms with Gasteiger partial charge in [0, 0.05) is 26.8 Å². The van der Waals surface area contributed by atoms with E-state index < -0.39 is 0 Å². The van der Waals surface area contributed by atoms with Gasteiger partial charge in [-0.2, -0.15) is 5.10 Å². The molecule has 3 heterocycles. The maximum absolute atomic E-state index is 13.0. The quantitative estimate of drug-likeness (QED) is 0.853. The zero-order valence-electron chi connectivity index (χ0n) is 14.4. The van der Waals surface area contributed by atoms with Crippen molar-refractivity contribution in [2.75, 3.05) is 13.7 Å². The molecule has 0 aromatic carbocycles. The van der Waals surface area contributed by atoms with Gasteiger partial charge in [0.25, 0.3) is 11.5 Å². The van der Waals surface area contributed by atoms with Crippen LogP contribution in [0.2, 0.25) is 0 Å². The number of likely N-dealkylation sites (tertiary alicyclic amines) is 1. The molecule has 1 aliphatic rings. The van der Waals surface area contributed by atoms with Crippen molar-refractivity contribution in [3.63, 3.8) is 0 Å². The molecule has 0 radical (unpaired) electrons. The smallest absolute Gasteiger partial charge is 0.263 e. The number of aryl methyl sites for hydroxylation is 3. The van der Waals surface area contributed by atoms with Crippen molar-refractivity contribution >= 4 is 5.91 Å². The predicted molar refractivity (Wildman–Crippen MR) is 89.2 cm³/mol. The lowest BCUT2D eigenvalue weighted by Gasteiger charge is -2.25. The molecule has 0 aliphatic carbocycles. The Labute approximate surface area is 140 Å². The van der Waals surface area contributed by atoms with Gasteiger partial charge in [-0.1, -0.05) is 0 Å². The van der Waals surface area contributed by atoms with E-state index >= 15 is 0 Å². The second-order valence-electron chi connectivity index (χ2n) is 6.13. The molecule has 1 saturated heterocycles. The molecule has 24 heavy (non-hydrogen) atoms. The maximum atomic E-state index is 13.0. The Morgan fingerprint density at radius 3 is 2.83 bits per heavy atom. The van der Waals surface area contributed by atoms with Crippen molar-refractivity contribution < 1.29 is 9.53 Å². The topological polar surface area (TPSA) is 69.4 Å². The number of nitrogens with zero attached hydrogens (tertiary/aromatic N) is 4. The molecule has 2 aromatic heterocycles. The maximum Gasteiger partial charge on any atom is 0.263 e. The number of amides is 1. The van der Waals surface area contributed by atoms with Gasteiger partial charge in [-0.05, 0) is 31.9 Å². The van der Waals surface area contributed by atoms with Gasteiger partial charge in [0.2, 0.25) is 5.88 Å². The number of aromatic nitrogens is 3. The summed E-state index contributed by atoms with van der Waals surface area (Å²) in [5.74, 6) is 0.433. The van der Waals surface area contributed by atoms with Crippen LogP contribution in [0.4, 0.5) is 0 Å². The first kappa shape index (κ1) is 16.3. The highest BCUT2D eigenvalue weighted by molar-refractivity contribution is 5.94. The Bertz CT molecular complexity index is 837. The number of hydrogen-bond donors (Lipinski definition) is 0. The average molecular weight is 330 g/mol. The van der Waals surface area contributed by atoms with Gasteiger partial charge >= 0.3 is 0 Å². The van der Waals surface area contributed by atoms with E-state index in [0.717, 1.165) is 24.1 Å². The molecule has 128 valence electrons. The lowest BCUT2D eigenvalue weighted by molar-refractivity contribution is 0.0731. The minimum absolute atomic E-state index is 0.119. The molecule has 2 aromatic rings. The van der Waals surface area contributed by atoms with E-state index in [1.165, 1.54) is 4.57 Å². The normalized spacial score (nSPS) is 17.3. The van der Waals surface area contributed by atoms with Gasteiger partial charge in [0.05, 0.1) is 24.4 Å². The zero-order chi connectivity index (χ0) is 17.4. The largest absolute Gasteiger partial charge is 0.481 e. The molecule has 0 N–H and O–H groups in total. The van der Waals surface area contributed by atoms with E-state index in [0.29, 0.717) is 12.4 Å². The molecule has 7 nitrogen and oxygen atoms in total. The van der Waals surface area contributed by atoms with Crippen LogP contribution in [0.3, 0.4) is 0 Å². The fraction of sp³-hybridized carbons (Fsp3) is 0.471. The van der Waals surface area contributed by atoms with Gasteiger partial charge < -0.3 is 14.2 Å². The van der Waals surface area contributed by atoms with Crippen LogP contribution in [0.15, 0.2) is 23.1 Å². The minimum Gasteiger partial charge on any atom is -0.481 e. The molecule has 7 heteroatoms. The Balaban J connectivity index is 2.01. The second kappa shape index (κ2) is 6.14. The standard InChI is InChI=1S/C17H22N4O3/c1-11-14(17(24-4)20(3)18-11)13-8-6-10-21(13)16(23)12-7-5-9-19(2)15(12)22/h5,7,9,13H,6,8,10H2,1-4H3. The molecule has 1 aliphatic heterocycles. The highest BCUT2D eigenvalue weighted by atomic mass is 16.5. The Morgan fingerprint density at radius 2 is 2.12 bits per heavy atom. The van der Waals surface area contributed by atoms with Gasteiger partial charge in [-0.25, -0.2) is 4.68 Å². The average Bonchev–Trinajstić information content (AvgIpc) is 3.12. The van der Waals surface area contributed by atoms with Crippen LogP contribution >= 0.6 is 0 Å². The van der Waals surface area contributed by atoms with Crippen molar-refractivity contribution in [2.24, 2.45) is 14.1 Å². The second-order valence-corrected chi connectivity index (χ2v) is 6.13. The molecule has 1 fully saturated rings. The number of pyridine rings is 1. The number of methoxy groups -OCH3 is 1. The van der Waals surface area contributed by atoms with Crippen LogP contribution in [0.5, 0.6) is 5.88 Å². The van der Waals surface area contributed by atoms with E-state index in [4.69, 9.17) is 4.74 Å². The highest BCUT2D eigenvalue weighted by Gasteiger charge is 2.36. The van der Waals surface area contributed by atoms with E-state index in [-0.39, 0.29) is 23.1 Å². The summed E-state index contributed by atoms with van der Waals surface area (Å²) in [6.45, 7) is 2.54. The molecule has 3 rings (SSSR count). The van der Waals surface area contributed by atoms with Gasteiger partial charge in [0.1, 0.15) is 5.56 Å². The van der Waals surface area contributed by atoms with Crippen molar-refractivity contribution in [3.05, 3.63) is 45.5 Å². The summed E-state index contributed by atoms with van der Waals surface area (Å²) >= 11 is 0. The summed E-state index contributed by atoms with van der Waals surface area (Å²) in [7, 11) is 5.08. The Kier molecular flexibility index (Phi) is 4.17. The molecule has 0 spiro atoms. The summed E-state index contributed by atoms with van der Waals surface area (Å²) in [6.07, 6.45) is 3.37. The molecule has 1 amide bonds. The van der Waals surface area contributed by atoms with Crippen LogP contribution in [-0.2, 0) is 14.1 Å².